The van der Waals surface area contributed by atoms with Crippen LogP contribution in [0.15, 0.2) is 6.07 Å². The molecular weight excluding hydrogens is 226 g/mol. The molecule has 1 aliphatic heterocycles. The molecule has 2 rings (SSSR count). The maximum absolute atomic E-state index is 5.78. The van der Waals surface area contributed by atoms with Crippen LogP contribution in [0.2, 0.25) is 0 Å². The Morgan fingerprint density at radius 3 is 2.61 bits per heavy atom. The van der Waals surface area contributed by atoms with Crippen molar-refractivity contribution in [3.63, 3.8) is 0 Å². The summed E-state index contributed by atoms with van der Waals surface area (Å²) >= 11 is 0. The van der Waals surface area contributed by atoms with Crippen molar-refractivity contribution >= 4 is 17.6 Å². The lowest BCUT2D eigenvalue weighted by atomic mass is 10.0. The van der Waals surface area contributed by atoms with Gasteiger partial charge in [0.2, 0.25) is 5.95 Å². The molecule has 5 heteroatoms. The minimum Gasteiger partial charge on any atom is -0.370 e. The van der Waals surface area contributed by atoms with Crippen LogP contribution in [-0.4, -0.2) is 29.6 Å². The number of nitrogens with one attached hydrogen (secondary N) is 1. The summed E-state index contributed by atoms with van der Waals surface area (Å²) in [6, 6.07) is 2.00. The first-order valence-corrected chi connectivity index (χ1v) is 6.73. The maximum Gasteiger partial charge on any atom is 0.223 e. The highest BCUT2D eigenvalue weighted by atomic mass is 15.2. The highest BCUT2D eigenvalue weighted by molar-refractivity contribution is 5.53. The fraction of sp³-hybridized carbons (Fsp3) is 0.692. The van der Waals surface area contributed by atoms with E-state index in [4.69, 9.17) is 5.73 Å². The number of hydrogen-bond donors (Lipinski definition) is 2. The zero-order valence-electron chi connectivity index (χ0n) is 11.5. The fourth-order valence-corrected chi connectivity index (χ4v) is 2.27. The lowest BCUT2D eigenvalue weighted by Gasteiger charge is -2.18. The van der Waals surface area contributed by atoms with Crippen LogP contribution in [0.1, 0.15) is 27.2 Å². The Morgan fingerprint density at radius 2 is 2.00 bits per heavy atom. The zero-order chi connectivity index (χ0) is 13.1. The highest BCUT2D eigenvalue weighted by Gasteiger charge is 2.27. The summed E-state index contributed by atoms with van der Waals surface area (Å²) in [5.41, 5.74) is 5.78. The summed E-state index contributed by atoms with van der Waals surface area (Å²) in [7, 11) is 0. The number of rotatable bonds is 4. The Kier molecular flexibility index (Phi) is 3.89. The van der Waals surface area contributed by atoms with Crippen LogP contribution in [0.5, 0.6) is 0 Å². The van der Waals surface area contributed by atoms with Gasteiger partial charge in [0.1, 0.15) is 11.6 Å². The molecular formula is C13H23N5. The summed E-state index contributed by atoms with van der Waals surface area (Å²) in [6.07, 6.45) is 1.07. The van der Waals surface area contributed by atoms with Gasteiger partial charge < -0.3 is 16.0 Å². The molecule has 1 saturated heterocycles. The van der Waals surface area contributed by atoms with E-state index in [1.54, 1.807) is 0 Å². The van der Waals surface area contributed by atoms with E-state index in [2.05, 4.69) is 41.0 Å². The van der Waals surface area contributed by atoms with Crippen molar-refractivity contribution in [1.29, 1.82) is 0 Å². The molecule has 2 atom stereocenters. The quantitative estimate of drug-likeness (QED) is 0.854. The van der Waals surface area contributed by atoms with Gasteiger partial charge in [0.15, 0.2) is 0 Å². The van der Waals surface area contributed by atoms with E-state index >= 15 is 0 Å². The van der Waals surface area contributed by atoms with Gasteiger partial charge in [-0.25, -0.2) is 0 Å². The number of nitrogens with two attached hydrogens (primary N) is 1. The second kappa shape index (κ2) is 5.42. The molecule has 1 fully saturated rings. The van der Waals surface area contributed by atoms with Gasteiger partial charge in [-0.3, -0.25) is 0 Å². The van der Waals surface area contributed by atoms with Gasteiger partial charge in [-0.1, -0.05) is 20.8 Å². The SMILES string of the molecule is CCCNc1cc(N2CC(C)C(C)C2)nc(N)n1. The van der Waals surface area contributed by atoms with Crippen LogP contribution in [0, 0.1) is 11.8 Å². The summed E-state index contributed by atoms with van der Waals surface area (Å²) in [6.45, 7) is 9.69. The standard InChI is InChI=1S/C13H23N5/c1-4-5-15-11-6-12(17-13(14)16-11)18-7-9(2)10(3)8-18/h6,9-10H,4-5,7-8H2,1-3H3,(H3,14,15,16,17). The molecule has 0 amide bonds. The van der Waals surface area contributed by atoms with Crippen molar-refractivity contribution in [3.8, 4) is 0 Å². The summed E-state index contributed by atoms with van der Waals surface area (Å²) in [4.78, 5) is 10.9. The topological polar surface area (TPSA) is 67.1 Å². The summed E-state index contributed by atoms with van der Waals surface area (Å²) < 4.78 is 0. The van der Waals surface area contributed by atoms with Crippen molar-refractivity contribution in [2.75, 3.05) is 35.6 Å². The lowest BCUT2D eigenvalue weighted by molar-refractivity contribution is 0.494. The first-order valence-electron chi connectivity index (χ1n) is 6.73. The normalized spacial score (nSPS) is 23.4. The Balaban J connectivity index is 2.15. The van der Waals surface area contributed by atoms with E-state index in [0.717, 1.165) is 37.7 Å². The molecule has 0 radical (unpaired) electrons. The van der Waals surface area contributed by atoms with Crippen LogP contribution in [0.3, 0.4) is 0 Å². The minimum absolute atomic E-state index is 0.346. The van der Waals surface area contributed by atoms with E-state index < -0.39 is 0 Å². The average Bonchev–Trinajstić information content (AvgIpc) is 2.66. The fourth-order valence-electron chi connectivity index (χ4n) is 2.27. The van der Waals surface area contributed by atoms with Crippen molar-refractivity contribution in [3.05, 3.63) is 6.07 Å². The Labute approximate surface area is 109 Å². The molecule has 2 unspecified atom stereocenters. The number of nitrogen functional groups attached to an aromatic ring is 1. The molecule has 100 valence electrons. The Morgan fingerprint density at radius 1 is 1.33 bits per heavy atom. The third-order valence-corrected chi connectivity index (χ3v) is 3.60. The largest absolute Gasteiger partial charge is 0.370 e. The second-order valence-corrected chi connectivity index (χ2v) is 5.26. The van der Waals surface area contributed by atoms with Crippen molar-refractivity contribution < 1.29 is 0 Å². The Bertz CT molecular complexity index is 396. The molecule has 1 aliphatic rings. The zero-order valence-corrected chi connectivity index (χ0v) is 11.5. The van der Waals surface area contributed by atoms with Crippen molar-refractivity contribution in [2.24, 2.45) is 11.8 Å². The molecule has 1 aromatic heterocycles. The van der Waals surface area contributed by atoms with Crippen LogP contribution in [0.25, 0.3) is 0 Å². The number of aromatic nitrogens is 2. The van der Waals surface area contributed by atoms with E-state index in [9.17, 15) is 0 Å². The smallest absolute Gasteiger partial charge is 0.223 e. The van der Waals surface area contributed by atoms with Gasteiger partial charge >= 0.3 is 0 Å². The molecule has 0 aliphatic carbocycles. The maximum atomic E-state index is 5.78. The molecule has 3 N–H and O–H groups in total. The van der Waals surface area contributed by atoms with Gasteiger partial charge in [-0.2, -0.15) is 9.97 Å². The monoisotopic (exact) mass is 249 g/mol. The van der Waals surface area contributed by atoms with Crippen molar-refractivity contribution in [2.45, 2.75) is 27.2 Å². The first-order chi connectivity index (χ1) is 8.60. The van der Waals surface area contributed by atoms with E-state index in [-0.39, 0.29) is 0 Å². The number of nitrogens with zero attached hydrogens (tertiary/aromatic N) is 3. The van der Waals surface area contributed by atoms with Crippen LogP contribution in [-0.2, 0) is 0 Å². The molecule has 0 spiro atoms. The number of hydrogen-bond acceptors (Lipinski definition) is 5. The van der Waals surface area contributed by atoms with Crippen LogP contribution in [0.4, 0.5) is 17.6 Å². The number of anilines is 3. The van der Waals surface area contributed by atoms with Gasteiger partial charge in [0.05, 0.1) is 0 Å². The summed E-state index contributed by atoms with van der Waals surface area (Å²) in [5, 5.41) is 3.26. The first kappa shape index (κ1) is 12.9. The van der Waals surface area contributed by atoms with Gasteiger partial charge in [0, 0.05) is 25.7 Å². The third kappa shape index (κ3) is 2.83. The molecule has 5 nitrogen and oxygen atoms in total. The molecule has 0 saturated carbocycles. The summed E-state index contributed by atoms with van der Waals surface area (Å²) in [5.74, 6) is 3.52. The average molecular weight is 249 g/mol. The van der Waals surface area contributed by atoms with Gasteiger partial charge in [-0.05, 0) is 18.3 Å². The van der Waals surface area contributed by atoms with E-state index in [1.807, 2.05) is 6.07 Å². The predicted octanol–water partition coefficient (Wildman–Crippen LogP) is 1.97. The molecule has 18 heavy (non-hydrogen) atoms. The Hall–Kier alpha value is -1.52. The molecule has 0 aromatic carbocycles. The lowest BCUT2D eigenvalue weighted by Crippen LogP contribution is -2.22. The van der Waals surface area contributed by atoms with E-state index in [1.165, 1.54) is 0 Å². The van der Waals surface area contributed by atoms with Gasteiger partial charge in [-0.15, -0.1) is 0 Å². The van der Waals surface area contributed by atoms with Crippen molar-refractivity contribution in [1.82, 2.24) is 9.97 Å². The molecule has 1 aromatic rings. The molecule has 2 heterocycles. The minimum atomic E-state index is 0.346. The predicted molar refractivity (Wildman–Crippen MR) is 75.8 cm³/mol. The third-order valence-electron chi connectivity index (χ3n) is 3.60. The van der Waals surface area contributed by atoms with Crippen LogP contribution >= 0.6 is 0 Å². The van der Waals surface area contributed by atoms with Gasteiger partial charge in [0.25, 0.3) is 0 Å². The second-order valence-electron chi connectivity index (χ2n) is 5.26. The molecule has 0 bridgehead atoms. The highest BCUT2D eigenvalue weighted by Crippen LogP contribution is 2.27. The van der Waals surface area contributed by atoms with Crippen LogP contribution < -0.4 is 16.0 Å². The van der Waals surface area contributed by atoms with E-state index in [0.29, 0.717) is 17.8 Å².